The lowest BCUT2D eigenvalue weighted by Gasteiger charge is -2.28. The maximum Gasteiger partial charge on any atom is 0.343 e. The lowest BCUT2D eigenvalue weighted by Crippen LogP contribution is -2.55. The molecule has 2 atom stereocenters. The Morgan fingerprint density at radius 3 is 2.02 bits per heavy atom. The molecule has 1 fully saturated rings. The van der Waals surface area contributed by atoms with Gasteiger partial charge in [0, 0.05) is 19.5 Å². The van der Waals surface area contributed by atoms with Crippen LogP contribution in [-0.4, -0.2) is 59.6 Å². The quantitative estimate of drug-likeness (QED) is 0.293. The highest BCUT2D eigenvalue weighted by molar-refractivity contribution is 5.91. The molecule has 9 nitrogen and oxygen atoms in total. The molecule has 1 aliphatic heterocycles. The number of rotatable bonds is 10. The summed E-state index contributed by atoms with van der Waals surface area (Å²) >= 11 is 0. The van der Waals surface area contributed by atoms with Gasteiger partial charge in [0.2, 0.25) is 5.91 Å². The van der Waals surface area contributed by atoms with E-state index in [0.29, 0.717) is 30.8 Å². The molecule has 42 heavy (non-hydrogen) atoms. The summed E-state index contributed by atoms with van der Waals surface area (Å²) in [5.41, 5.74) is 0.418. The summed E-state index contributed by atoms with van der Waals surface area (Å²) in [6, 6.07) is 13.4. The Kier molecular flexibility index (Phi) is 11.9. The minimum absolute atomic E-state index is 0.135. The van der Waals surface area contributed by atoms with Gasteiger partial charge >= 0.3 is 18.0 Å². The molecular weight excluding hydrogens is 534 g/mol. The summed E-state index contributed by atoms with van der Waals surface area (Å²) in [7, 11) is 0. The van der Waals surface area contributed by atoms with Gasteiger partial charge < -0.3 is 25.0 Å². The van der Waals surface area contributed by atoms with Gasteiger partial charge in [-0.2, -0.15) is 0 Å². The number of hydrogen-bond donors (Lipinski definition) is 2. The molecule has 9 heteroatoms. The highest BCUT2D eigenvalue weighted by atomic mass is 16.6. The summed E-state index contributed by atoms with van der Waals surface area (Å²) in [5, 5.41) is 5.77. The lowest BCUT2D eigenvalue weighted by molar-refractivity contribution is -0.158. The summed E-state index contributed by atoms with van der Waals surface area (Å²) < 4.78 is 11.1. The molecule has 2 aromatic carbocycles. The van der Waals surface area contributed by atoms with Crippen LogP contribution in [0.4, 0.5) is 4.79 Å². The van der Waals surface area contributed by atoms with Gasteiger partial charge in [0.25, 0.3) is 0 Å². The van der Waals surface area contributed by atoms with Crippen molar-refractivity contribution in [2.24, 2.45) is 5.92 Å². The fourth-order valence-electron chi connectivity index (χ4n) is 4.73. The molecular formula is C33H45N3O6. The molecule has 2 aromatic rings. The second kappa shape index (κ2) is 15.4. The predicted octanol–water partition coefficient (Wildman–Crippen LogP) is 5.28. The molecule has 0 aromatic heterocycles. The van der Waals surface area contributed by atoms with Crippen molar-refractivity contribution in [1.82, 2.24) is 15.5 Å². The van der Waals surface area contributed by atoms with E-state index in [1.807, 2.05) is 19.9 Å². The van der Waals surface area contributed by atoms with Crippen LogP contribution in [0.1, 0.15) is 82.6 Å². The second-order valence-corrected chi connectivity index (χ2v) is 12.2. The Bertz CT molecular complexity index is 1180. The first kappa shape index (κ1) is 32.6. The Morgan fingerprint density at radius 2 is 1.45 bits per heavy atom. The lowest BCUT2D eigenvalue weighted by atomic mass is 10.0. The van der Waals surface area contributed by atoms with Crippen molar-refractivity contribution in [2.75, 3.05) is 13.1 Å². The third kappa shape index (κ3) is 10.8. The number of nitrogens with zero attached hydrogens (tertiary/aromatic N) is 1. The van der Waals surface area contributed by atoms with Crippen LogP contribution in [0.2, 0.25) is 0 Å². The molecule has 0 bridgehead atoms. The fourth-order valence-corrected chi connectivity index (χ4v) is 4.73. The van der Waals surface area contributed by atoms with Gasteiger partial charge in [-0.3, -0.25) is 4.79 Å². The first-order valence-corrected chi connectivity index (χ1v) is 14.9. The summed E-state index contributed by atoms with van der Waals surface area (Å²) in [4.78, 5) is 54.0. The van der Waals surface area contributed by atoms with Crippen molar-refractivity contribution in [3.8, 4) is 5.75 Å². The van der Waals surface area contributed by atoms with Crippen LogP contribution < -0.4 is 15.4 Å². The third-order valence-electron chi connectivity index (χ3n) is 6.81. The van der Waals surface area contributed by atoms with Gasteiger partial charge in [-0.15, -0.1) is 0 Å². The molecule has 1 saturated heterocycles. The summed E-state index contributed by atoms with van der Waals surface area (Å²) in [6.07, 6.45) is 4.65. The van der Waals surface area contributed by atoms with Gasteiger partial charge in [0.1, 0.15) is 23.4 Å². The minimum atomic E-state index is -0.987. The van der Waals surface area contributed by atoms with E-state index in [2.05, 4.69) is 10.6 Å². The highest BCUT2D eigenvalue weighted by Crippen LogP contribution is 2.18. The van der Waals surface area contributed by atoms with E-state index in [4.69, 9.17) is 9.47 Å². The van der Waals surface area contributed by atoms with Crippen LogP contribution in [0.15, 0.2) is 54.6 Å². The van der Waals surface area contributed by atoms with Crippen LogP contribution in [0.3, 0.4) is 0 Å². The van der Waals surface area contributed by atoms with Crippen molar-refractivity contribution in [1.29, 1.82) is 0 Å². The molecule has 3 rings (SSSR count). The Balaban J connectivity index is 1.72. The van der Waals surface area contributed by atoms with Crippen molar-refractivity contribution < 1.29 is 28.7 Å². The van der Waals surface area contributed by atoms with E-state index in [1.165, 1.54) is 0 Å². The number of likely N-dealkylation sites (tertiary alicyclic amines) is 1. The zero-order chi connectivity index (χ0) is 30.7. The number of ether oxygens (including phenoxy) is 2. The predicted molar refractivity (Wildman–Crippen MR) is 161 cm³/mol. The monoisotopic (exact) mass is 579 g/mol. The topological polar surface area (TPSA) is 114 Å². The largest absolute Gasteiger partial charge is 0.458 e. The standard InChI is InChI=1S/C33H45N3O6/c1-23(2)21-27(35-32(40)36-19-11-6-7-12-20-36)29(37)34-28(31(39)42-33(3,4)5)22-24-15-17-26(18-16-24)41-30(38)25-13-9-8-10-14-25/h8-10,13-18,23,27-28H,6-7,11-12,19-22H2,1-5H3,(H,34,37)(H,35,40)/t27-,28-/m0/s1. The normalized spacial score (nSPS) is 15.2. The van der Waals surface area contributed by atoms with E-state index < -0.39 is 35.5 Å². The third-order valence-corrected chi connectivity index (χ3v) is 6.81. The summed E-state index contributed by atoms with van der Waals surface area (Å²) in [6.45, 7) is 10.6. The fraction of sp³-hybridized carbons (Fsp3) is 0.515. The van der Waals surface area contributed by atoms with Crippen molar-refractivity contribution in [3.05, 3.63) is 65.7 Å². The van der Waals surface area contributed by atoms with Crippen LogP contribution in [0.25, 0.3) is 0 Å². The van der Waals surface area contributed by atoms with E-state index in [0.717, 1.165) is 31.2 Å². The first-order valence-electron chi connectivity index (χ1n) is 14.9. The molecule has 3 amide bonds. The highest BCUT2D eigenvalue weighted by Gasteiger charge is 2.31. The SMILES string of the molecule is CC(C)C[C@H](NC(=O)N1CCCCCC1)C(=O)N[C@@H](Cc1ccc(OC(=O)c2ccccc2)cc1)C(=O)OC(C)(C)C. The van der Waals surface area contributed by atoms with Crippen LogP contribution in [-0.2, 0) is 20.7 Å². The Morgan fingerprint density at radius 1 is 0.833 bits per heavy atom. The van der Waals surface area contributed by atoms with Crippen molar-refractivity contribution >= 4 is 23.9 Å². The van der Waals surface area contributed by atoms with Crippen molar-refractivity contribution in [3.63, 3.8) is 0 Å². The molecule has 0 aliphatic carbocycles. The molecule has 2 N–H and O–H groups in total. The number of carbonyl (C=O) groups is 4. The zero-order valence-corrected chi connectivity index (χ0v) is 25.5. The molecule has 1 heterocycles. The van der Waals surface area contributed by atoms with Gasteiger partial charge in [-0.1, -0.05) is 57.0 Å². The van der Waals surface area contributed by atoms with Gasteiger partial charge in [0.15, 0.2) is 0 Å². The Labute approximate surface area is 249 Å². The zero-order valence-electron chi connectivity index (χ0n) is 25.5. The van der Waals surface area contributed by atoms with Gasteiger partial charge in [-0.05, 0) is 75.8 Å². The number of esters is 2. The molecule has 1 aliphatic rings. The Hall–Kier alpha value is -3.88. The molecule has 0 spiro atoms. The maximum absolute atomic E-state index is 13.5. The van der Waals surface area contributed by atoms with E-state index in [-0.39, 0.29) is 18.4 Å². The van der Waals surface area contributed by atoms with Gasteiger partial charge in [-0.25, -0.2) is 14.4 Å². The molecule has 228 valence electrons. The number of urea groups is 1. The average Bonchev–Trinajstić information content (AvgIpc) is 3.22. The van der Waals surface area contributed by atoms with Crippen LogP contribution >= 0.6 is 0 Å². The molecule has 0 saturated carbocycles. The van der Waals surface area contributed by atoms with Crippen LogP contribution in [0.5, 0.6) is 5.75 Å². The number of carbonyl (C=O) groups excluding carboxylic acids is 4. The van der Waals surface area contributed by atoms with E-state index >= 15 is 0 Å². The first-order chi connectivity index (χ1) is 19.9. The number of amides is 3. The van der Waals surface area contributed by atoms with E-state index in [9.17, 15) is 19.2 Å². The number of nitrogens with one attached hydrogen (secondary N) is 2. The molecule has 0 radical (unpaired) electrons. The van der Waals surface area contributed by atoms with Crippen LogP contribution in [0, 0.1) is 5.92 Å². The number of hydrogen-bond acceptors (Lipinski definition) is 6. The maximum atomic E-state index is 13.5. The van der Waals surface area contributed by atoms with Gasteiger partial charge in [0.05, 0.1) is 5.56 Å². The van der Waals surface area contributed by atoms with Crippen molar-refractivity contribution in [2.45, 2.75) is 90.8 Å². The summed E-state index contributed by atoms with van der Waals surface area (Å²) in [5.74, 6) is -0.982. The van der Waals surface area contributed by atoms with E-state index in [1.54, 1.807) is 74.2 Å². The second-order valence-electron chi connectivity index (χ2n) is 12.2. The average molecular weight is 580 g/mol. The minimum Gasteiger partial charge on any atom is -0.458 e. The number of benzene rings is 2. The smallest absolute Gasteiger partial charge is 0.343 e. The molecule has 0 unspecified atom stereocenters.